The summed E-state index contributed by atoms with van der Waals surface area (Å²) in [5.41, 5.74) is 2.01. The molecule has 6 heteroatoms. The fourth-order valence-electron chi connectivity index (χ4n) is 2.11. The van der Waals surface area contributed by atoms with E-state index in [1.807, 2.05) is 31.2 Å². The number of rotatable bonds is 4. The van der Waals surface area contributed by atoms with Crippen molar-refractivity contribution < 1.29 is 14.3 Å². The second-order valence-corrected chi connectivity index (χ2v) is 4.51. The molecule has 3 rings (SSSR count). The maximum Gasteiger partial charge on any atom is 0.255 e. The number of benzene rings is 1. The van der Waals surface area contributed by atoms with Crippen molar-refractivity contribution in [3.63, 3.8) is 0 Å². The number of fused-ring (bicyclic) bond motifs is 1. The van der Waals surface area contributed by atoms with Crippen LogP contribution in [0.5, 0.6) is 11.5 Å². The summed E-state index contributed by atoms with van der Waals surface area (Å²) in [6.07, 6.45) is 4.98. The van der Waals surface area contributed by atoms with Crippen LogP contribution in [0, 0.1) is 0 Å². The first-order valence-corrected chi connectivity index (χ1v) is 6.67. The molecule has 21 heavy (non-hydrogen) atoms. The lowest BCUT2D eigenvalue weighted by Gasteiger charge is -2.20. The van der Waals surface area contributed by atoms with Gasteiger partial charge < -0.3 is 14.8 Å². The third-order valence-electron chi connectivity index (χ3n) is 3.06. The fourth-order valence-corrected chi connectivity index (χ4v) is 2.11. The van der Waals surface area contributed by atoms with E-state index >= 15 is 0 Å². The van der Waals surface area contributed by atoms with Crippen molar-refractivity contribution in [1.82, 2.24) is 10.2 Å². The van der Waals surface area contributed by atoms with Crippen LogP contribution >= 0.6 is 0 Å². The van der Waals surface area contributed by atoms with Gasteiger partial charge in [0.2, 0.25) is 0 Å². The van der Waals surface area contributed by atoms with Gasteiger partial charge in [-0.15, -0.1) is 0 Å². The van der Waals surface area contributed by atoms with E-state index in [1.54, 1.807) is 12.4 Å². The number of nitrogens with zero attached hydrogens (tertiary/aromatic N) is 1. The lowest BCUT2D eigenvalue weighted by atomic mass is 10.1. The van der Waals surface area contributed by atoms with Crippen LogP contribution in [0.15, 0.2) is 36.2 Å². The van der Waals surface area contributed by atoms with Gasteiger partial charge in [0, 0.05) is 11.8 Å². The van der Waals surface area contributed by atoms with Crippen molar-refractivity contribution in [3.8, 4) is 11.5 Å². The molecule has 6 nitrogen and oxygen atoms in total. The minimum absolute atomic E-state index is 0.205. The van der Waals surface area contributed by atoms with E-state index in [9.17, 15) is 4.79 Å². The minimum Gasteiger partial charge on any atom is -0.490 e. The first kappa shape index (κ1) is 13.2. The van der Waals surface area contributed by atoms with Crippen molar-refractivity contribution in [2.75, 3.05) is 18.5 Å². The standard InChI is InChI=1S/C15H15N3O3/c1-2-20-13-5-3-4-10-6-11(9-21-14(10)13)15(19)18-12-7-16-17-8-12/h3-8H,2,9H2,1H3,(H,16,17)(H,18,19). The number of hydrogen-bond donors (Lipinski definition) is 2. The normalized spacial score (nSPS) is 12.9. The second-order valence-electron chi connectivity index (χ2n) is 4.51. The zero-order valence-corrected chi connectivity index (χ0v) is 11.6. The molecule has 2 heterocycles. The summed E-state index contributed by atoms with van der Waals surface area (Å²) in [7, 11) is 0. The average Bonchev–Trinajstić information content (AvgIpc) is 3.00. The minimum atomic E-state index is -0.205. The highest BCUT2D eigenvalue weighted by Crippen LogP contribution is 2.35. The third kappa shape index (κ3) is 2.74. The quantitative estimate of drug-likeness (QED) is 0.903. The maximum atomic E-state index is 12.2. The Morgan fingerprint density at radius 3 is 3.19 bits per heavy atom. The van der Waals surface area contributed by atoms with Gasteiger partial charge >= 0.3 is 0 Å². The Hall–Kier alpha value is -2.76. The Kier molecular flexibility index (Phi) is 3.59. The van der Waals surface area contributed by atoms with Gasteiger partial charge in [-0.05, 0) is 19.1 Å². The molecule has 1 aliphatic rings. The predicted octanol–water partition coefficient (Wildman–Crippen LogP) is 2.22. The van der Waals surface area contributed by atoms with Gasteiger partial charge in [-0.1, -0.05) is 12.1 Å². The van der Waals surface area contributed by atoms with E-state index < -0.39 is 0 Å². The topological polar surface area (TPSA) is 76.2 Å². The molecule has 0 spiro atoms. The predicted molar refractivity (Wildman–Crippen MR) is 78.3 cm³/mol. The molecule has 1 aromatic heterocycles. The lowest BCUT2D eigenvalue weighted by molar-refractivity contribution is -0.113. The Morgan fingerprint density at radius 2 is 2.43 bits per heavy atom. The Bertz CT molecular complexity index is 677. The molecule has 2 N–H and O–H groups in total. The molecule has 0 unspecified atom stereocenters. The third-order valence-corrected chi connectivity index (χ3v) is 3.06. The summed E-state index contributed by atoms with van der Waals surface area (Å²) in [5, 5.41) is 9.17. The Morgan fingerprint density at radius 1 is 1.52 bits per heavy atom. The molecule has 0 bridgehead atoms. The van der Waals surface area contributed by atoms with Gasteiger partial charge in [0.25, 0.3) is 5.91 Å². The molecule has 1 aliphatic heterocycles. The number of carbonyl (C=O) groups is 1. The Balaban J connectivity index is 1.83. The average molecular weight is 285 g/mol. The maximum absolute atomic E-state index is 12.2. The van der Waals surface area contributed by atoms with Crippen molar-refractivity contribution in [1.29, 1.82) is 0 Å². The monoisotopic (exact) mass is 285 g/mol. The highest BCUT2D eigenvalue weighted by molar-refractivity contribution is 6.07. The lowest BCUT2D eigenvalue weighted by Crippen LogP contribution is -2.21. The SMILES string of the molecule is CCOc1cccc2c1OCC(C(=O)Nc1cn[nH]c1)=C2. The van der Waals surface area contributed by atoms with Gasteiger partial charge in [0.15, 0.2) is 11.5 Å². The van der Waals surface area contributed by atoms with Crippen LogP contribution in [-0.2, 0) is 4.79 Å². The molecular formula is C15H15N3O3. The largest absolute Gasteiger partial charge is 0.490 e. The highest BCUT2D eigenvalue weighted by Gasteiger charge is 2.20. The zero-order chi connectivity index (χ0) is 14.7. The van der Waals surface area contributed by atoms with Crippen LogP contribution in [-0.4, -0.2) is 29.3 Å². The number of aromatic nitrogens is 2. The molecule has 0 radical (unpaired) electrons. The van der Waals surface area contributed by atoms with Crippen LogP contribution in [0.3, 0.4) is 0 Å². The fraction of sp³-hybridized carbons (Fsp3) is 0.200. The smallest absolute Gasteiger partial charge is 0.255 e. The van der Waals surface area contributed by atoms with Crippen molar-refractivity contribution in [2.45, 2.75) is 6.92 Å². The highest BCUT2D eigenvalue weighted by atomic mass is 16.5. The van der Waals surface area contributed by atoms with E-state index in [0.717, 1.165) is 5.56 Å². The van der Waals surface area contributed by atoms with Gasteiger partial charge in [0.05, 0.1) is 24.1 Å². The number of aromatic amines is 1. The number of para-hydroxylation sites is 1. The zero-order valence-electron chi connectivity index (χ0n) is 11.6. The summed E-state index contributed by atoms with van der Waals surface area (Å²) in [4.78, 5) is 12.2. The summed E-state index contributed by atoms with van der Waals surface area (Å²) in [5.74, 6) is 1.17. The van der Waals surface area contributed by atoms with Crippen LogP contribution in [0.1, 0.15) is 12.5 Å². The van der Waals surface area contributed by atoms with Crippen molar-refractivity contribution in [2.24, 2.45) is 0 Å². The molecule has 0 fully saturated rings. The van der Waals surface area contributed by atoms with Crippen LogP contribution < -0.4 is 14.8 Å². The number of hydrogen-bond acceptors (Lipinski definition) is 4. The number of carbonyl (C=O) groups excluding carboxylic acids is 1. The van der Waals surface area contributed by atoms with E-state index in [4.69, 9.17) is 9.47 Å². The first-order valence-electron chi connectivity index (χ1n) is 6.67. The van der Waals surface area contributed by atoms with E-state index in [-0.39, 0.29) is 12.5 Å². The number of H-pyrrole nitrogens is 1. The summed E-state index contributed by atoms with van der Waals surface area (Å²) < 4.78 is 11.2. The molecular weight excluding hydrogens is 270 g/mol. The van der Waals surface area contributed by atoms with Crippen LogP contribution in [0.2, 0.25) is 0 Å². The molecule has 0 atom stereocenters. The molecule has 108 valence electrons. The molecule has 2 aromatic rings. The summed E-state index contributed by atoms with van der Waals surface area (Å²) >= 11 is 0. The second kappa shape index (κ2) is 5.70. The molecule has 0 saturated heterocycles. The Labute approximate surface area is 121 Å². The number of anilines is 1. The van der Waals surface area contributed by atoms with Gasteiger partial charge in [0.1, 0.15) is 6.61 Å². The van der Waals surface area contributed by atoms with Crippen LogP contribution in [0.25, 0.3) is 6.08 Å². The molecule has 1 aromatic carbocycles. The summed E-state index contributed by atoms with van der Waals surface area (Å²) in [6, 6.07) is 5.62. The van der Waals surface area contributed by atoms with Crippen molar-refractivity contribution in [3.05, 3.63) is 41.7 Å². The van der Waals surface area contributed by atoms with Crippen LogP contribution in [0.4, 0.5) is 5.69 Å². The van der Waals surface area contributed by atoms with E-state index in [0.29, 0.717) is 29.4 Å². The number of amides is 1. The van der Waals surface area contributed by atoms with E-state index in [1.165, 1.54) is 0 Å². The summed E-state index contributed by atoms with van der Waals surface area (Å²) in [6.45, 7) is 2.69. The van der Waals surface area contributed by atoms with Gasteiger partial charge in [-0.25, -0.2) is 0 Å². The van der Waals surface area contributed by atoms with Crippen molar-refractivity contribution >= 4 is 17.7 Å². The number of nitrogens with one attached hydrogen (secondary N) is 2. The van der Waals surface area contributed by atoms with E-state index in [2.05, 4.69) is 15.5 Å². The van der Waals surface area contributed by atoms with Gasteiger partial charge in [-0.2, -0.15) is 5.10 Å². The number of ether oxygens (including phenoxy) is 2. The first-order chi connectivity index (χ1) is 10.3. The molecule has 0 saturated carbocycles. The molecule has 1 amide bonds. The van der Waals surface area contributed by atoms with Gasteiger partial charge in [-0.3, -0.25) is 9.89 Å². The molecule has 0 aliphatic carbocycles.